The van der Waals surface area contributed by atoms with Crippen LogP contribution in [0.2, 0.25) is 0 Å². The maximum absolute atomic E-state index is 12.4. The van der Waals surface area contributed by atoms with E-state index in [1.165, 1.54) is 22.3 Å². The Labute approximate surface area is 350 Å². The van der Waals surface area contributed by atoms with Gasteiger partial charge in [-0.05, 0) is 104 Å². The summed E-state index contributed by atoms with van der Waals surface area (Å²) in [5.74, 6) is 1.21. The molecule has 0 saturated carbocycles. The summed E-state index contributed by atoms with van der Waals surface area (Å²) in [5.41, 5.74) is 15.0. The number of imidazole rings is 1. The van der Waals surface area contributed by atoms with Gasteiger partial charge in [-0.3, -0.25) is 4.57 Å². The number of phenolic OH excluding ortho intramolecular Hbond substituents is 1. The third kappa shape index (κ3) is 7.58. The van der Waals surface area contributed by atoms with Crippen molar-refractivity contribution in [3.63, 3.8) is 0 Å². The van der Waals surface area contributed by atoms with Crippen LogP contribution in [0.15, 0.2) is 133 Å². The number of para-hydroxylation sites is 2. The van der Waals surface area contributed by atoms with E-state index >= 15 is 0 Å². The molecule has 0 radical (unpaired) electrons. The lowest BCUT2D eigenvalue weighted by atomic mass is 9.79. The molecule has 0 aliphatic rings. The molecule has 0 bridgehead atoms. The third-order valence-electron chi connectivity index (χ3n) is 11.7. The Kier molecular flexibility index (Phi) is 9.90. The van der Waals surface area contributed by atoms with Crippen LogP contribution in [0.1, 0.15) is 104 Å². The van der Waals surface area contributed by atoms with Gasteiger partial charge in [-0.1, -0.05) is 161 Å². The fraction of sp³-hybridized carbons (Fsp3) is 0.273. The SMILES string of the molecule is CC(C)c1cc(-c2ccccc2)ccc1-n1c(-c2cc(C(C)(C)C)cc(C(C)(C)C)c2O)nc2c(-c3cc(-c4ccc5ccccc5n4)cc(C(C)(C)C)c3)cccc21. The quantitative estimate of drug-likeness (QED) is 0.183. The number of pyridine rings is 1. The highest BCUT2D eigenvalue weighted by atomic mass is 16.3. The van der Waals surface area contributed by atoms with Crippen molar-refractivity contribution in [3.8, 4) is 56.3 Å². The lowest BCUT2D eigenvalue weighted by Crippen LogP contribution is -2.17. The molecule has 0 aliphatic heterocycles. The first-order valence-electron chi connectivity index (χ1n) is 21.0. The van der Waals surface area contributed by atoms with Crippen molar-refractivity contribution in [1.29, 1.82) is 0 Å². The summed E-state index contributed by atoms with van der Waals surface area (Å²) < 4.78 is 2.30. The van der Waals surface area contributed by atoms with Crippen LogP contribution in [0.4, 0.5) is 0 Å². The van der Waals surface area contributed by atoms with E-state index < -0.39 is 0 Å². The fourth-order valence-electron chi connectivity index (χ4n) is 8.19. The van der Waals surface area contributed by atoms with Gasteiger partial charge in [-0.15, -0.1) is 0 Å². The Bertz CT molecular complexity index is 2860. The number of hydrogen-bond acceptors (Lipinski definition) is 3. The Morgan fingerprint density at radius 2 is 1.20 bits per heavy atom. The second kappa shape index (κ2) is 14.7. The Hall–Kier alpha value is -6.00. The van der Waals surface area contributed by atoms with Crippen molar-refractivity contribution >= 4 is 21.9 Å². The standard InChI is InChI=1S/C55H57N3O/c1-34(2)43-31-37(35-18-13-12-14-19-35)25-27-48(43)58-49-23-17-21-42(50(49)57-52(58)44-32-41(54(6,7)8)33-45(51(44)59)55(9,10)11)38-28-39(30-40(29-38)53(3,4)5)47-26-24-36-20-15-16-22-46(36)56-47/h12-34,59H,1-11H3. The van der Waals surface area contributed by atoms with Crippen molar-refractivity contribution < 1.29 is 5.11 Å². The van der Waals surface area contributed by atoms with Crippen LogP contribution in [-0.2, 0) is 16.2 Å². The number of rotatable bonds is 6. The van der Waals surface area contributed by atoms with E-state index in [-0.39, 0.29) is 27.9 Å². The second-order valence-electron chi connectivity index (χ2n) is 19.6. The zero-order valence-electron chi connectivity index (χ0n) is 36.6. The zero-order chi connectivity index (χ0) is 42.0. The molecule has 4 heteroatoms. The van der Waals surface area contributed by atoms with Crippen molar-refractivity contribution in [1.82, 2.24) is 14.5 Å². The highest BCUT2D eigenvalue weighted by molar-refractivity contribution is 5.97. The van der Waals surface area contributed by atoms with Gasteiger partial charge in [0, 0.05) is 22.1 Å². The van der Waals surface area contributed by atoms with Crippen molar-refractivity contribution in [2.75, 3.05) is 0 Å². The van der Waals surface area contributed by atoms with Crippen LogP contribution in [0.3, 0.4) is 0 Å². The van der Waals surface area contributed by atoms with Gasteiger partial charge in [-0.25, -0.2) is 9.97 Å². The van der Waals surface area contributed by atoms with Gasteiger partial charge in [0.25, 0.3) is 0 Å². The number of aromatic hydroxyl groups is 1. The van der Waals surface area contributed by atoms with Crippen LogP contribution in [0, 0.1) is 0 Å². The fourth-order valence-corrected chi connectivity index (χ4v) is 8.19. The molecule has 2 aromatic heterocycles. The minimum absolute atomic E-state index is 0.116. The molecule has 59 heavy (non-hydrogen) atoms. The number of aromatic nitrogens is 3. The van der Waals surface area contributed by atoms with E-state index in [4.69, 9.17) is 9.97 Å². The number of phenols is 1. The molecule has 0 aliphatic carbocycles. The first-order valence-corrected chi connectivity index (χ1v) is 21.0. The molecule has 0 spiro atoms. The van der Waals surface area contributed by atoms with Gasteiger partial charge in [0.15, 0.2) is 0 Å². The smallest absolute Gasteiger partial charge is 0.149 e. The minimum Gasteiger partial charge on any atom is -0.507 e. The monoisotopic (exact) mass is 775 g/mol. The number of nitrogens with zero attached hydrogens (tertiary/aromatic N) is 3. The normalized spacial score (nSPS) is 12.5. The summed E-state index contributed by atoms with van der Waals surface area (Å²) >= 11 is 0. The number of fused-ring (bicyclic) bond motifs is 2. The predicted molar refractivity (Wildman–Crippen MR) is 250 cm³/mol. The van der Waals surface area contributed by atoms with Crippen molar-refractivity contribution in [3.05, 3.63) is 156 Å². The molecule has 0 unspecified atom stereocenters. The molecule has 2 heterocycles. The topological polar surface area (TPSA) is 50.9 Å². The van der Waals surface area contributed by atoms with Crippen LogP contribution in [0.25, 0.3) is 72.5 Å². The highest BCUT2D eigenvalue weighted by Crippen LogP contribution is 2.46. The van der Waals surface area contributed by atoms with Crippen LogP contribution in [-0.4, -0.2) is 19.6 Å². The molecule has 8 rings (SSSR count). The van der Waals surface area contributed by atoms with E-state index in [9.17, 15) is 5.11 Å². The van der Waals surface area contributed by atoms with E-state index in [1.54, 1.807) is 0 Å². The summed E-state index contributed by atoms with van der Waals surface area (Å²) in [6.45, 7) is 24.5. The predicted octanol–water partition coefficient (Wildman–Crippen LogP) is 15.0. The summed E-state index contributed by atoms with van der Waals surface area (Å²) in [4.78, 5) is 10.8. The number of benzene rings is 6. The highest BCUT2D eigenvalue weighted by Gasteiger charge is 2.29. The van der Waals surface area contributed by atoms with Crippen molar-refractivity contribution in [2.24, 2.45) is 0 Å². The molecule has 8 aromatic rings. The average Bonchev–Trinajstić information content (AvgIpc) is 3.59. The summed E-state index contributed by atoms with van der Waals surface area (Å²) in [7, 11) is 0. The molecule has 1 N–H and O–H groups in total. The maximum Gasteiger partial charge on any atom is 0.149 e. The molecule has 298 valence electrons. The van der Waals surface area contributed by atoms with Crippen LogP contribution < -0.4 is 0 Å². The van der Waals surface area contributed by atoms with E-state index in [0.29, 0.717) is 0 Å². The van der Waals surface area contributed by atoms with E-state index in [0.717, 1.165) is 72.5 Å². The minimum atomic E-state index is -0.302. The molecule has 4 nitrogen and oxygen atoms in total. The second-order valence-corrected chi connectivity index (χ2v) is 19.6. The third-order valence-corrected chi connectivity index (χ3v) is 11.7. The molecule has 6 aromatic carbocycles. The molecule has 0 fully saturated rings. The largest absolute Gasteiger partial charge is 0.507 e. The van der Waals surface area contributed by atoms with Gasteiger partial charge in [0.05, 0.1) is 33.5 Å². The Morgan fingerprint density at radius 3 is 1.90 bits per heavy atom. The molecular formula is C55H57N3O. The molecule has 0 saturated heterocycles. The first kappa shape index (κ1) is 39.8. The average molecular weight is 776 g/mol. The summed E-state index contributed by atoms with van der Waals surface area (Å²) in [6.07, 6.45) is 0. The van der Waals surface area contributed by atoms with Gasteiger partial charge in [0.2, 0.25) is 0 Å². The lowest BCUT2D eigenvalue weighted by molar-refractivity contribution is 0.446. The first-order chi connectivity index (χ1) is 27.9. The van der Waals surface area contributed by atoms with Gasteiger partial charge in [-0.2, -0.15) is 0 Å². The van der Waals surface area contributed by atoms with Gasteiger partial charge < -0.3 is 5.11 Å². The maximum atomic E-state index is 12.4. The van der Waals surface area contributed by atoms with E-state index in [2.05, 4.69) is 208 Å². The molecular weight excluding hydrogens is 719 g/mol. The van der Waals surface area contributed by atoms with E-state index in [1.807, 2.05) is 6.07 Å². The van der Waals surface area contributed by atoms with Gasteiger partial charge in [0.1, 0.15) is 11.6 Å². The zero-order valence-corrected chi connectivity index (χ0v) is 36.6. The lowest BCUT2D eigenvalue weighted by Gasteiger charge is -2.28. The Morgan fingerprint density at radius 1 is 0.525 bits per heavy atom. The summed E-state index contributed by atoms with van der Waals surface area (Å²) in [5, 5.41) is 13.5. The van der Waals surface area contributed by atoms with Gasteiger partial charge >= 0.3 is 0 Å². The number of hydrogen-bond donors (Lipinski definition) is 1. The van der Waals surface area contributed by atoms with Crippen LogP contribution >= 0.6 is 0 Å². The van der Waals surface area contributed by atoms with Crippen molar-refractivity contribution in [2.45, 2.75) is 98.3 Å². The van der Waals surface area contributed by atoms with Crippen LogP contribution in [0.5, 0.6) is 5.75 Å². The molecule has 0 amide bonds. The summed E-state index contributed by atoms with van der Waals surface area (Å²) in [6, 6.07) is 47.7. The molecule has 0 atom stereocenters. The Balaban J connectivity index is 1.45.